The smallest absolute Gasteiger partial charge is 0.295 e. The molecular weight excluding hydrogens is 469 g/mol. The Morgan fingerprint density at radius 1 is 1.20 bits per heavy atom. The molecule has 0 fully saturated rings. The SMILES string of the molecule is Cc1cc(CNCCO)cnc1-c1csc(NC(=O)c2oc(C(C)C)nc2-c2ccc(F)cc2)n1. The molecule has 0 aliphatic heterocycles. The zero-order valence-corrected chi connectivity index (χ0v) is 20.4. The first-order chi connectivity index (χ1) is 16.9. The van der Waals surface area contributed by atoms with Crippen LogP contribution >= 0.6 is 11.3 Å². The summed E-state index contributed by atoms with van der Waals surface area (Å²) in [6.45, 7) is 6.99. The zero-order chi connectivity index (χ0) is 24.9. The van der Waals surface area contributed by atoms with Crippen molar-refractivity contribution in [3.05, 3.63) is 70.5 Å². The lowest BCUT2D eigenvalue weighted by Crippen LogP contribution is -2.17. The topological polar surface area (TPSA) is 113 Å². The van der Waals surface area contributed by atoms with Crippen molar-refractivity contribution in [2.45, 2.75) is 33.2 Å². The molecule has 1 amide bonds. The maximum Gasteiger partial charge on any atom is 0.295 e. The van der Waals surface area contributed by atoms with Gasteiger partial charge in [-0.1, -0.05) is 19.9 Å². The standard InChI is InChI=1S/C25H26FN5O3S/c1-14(2)24-30-21(17-4-6-18(26)7-5-17)22(34-24)23(33)31-25-29-19(13-35-25)20-15(3)10-16(12-28-20)11-27-8-9-32/h4-7,10,12-14,27,32H,8-9,11H2,1-3H3,(H,29,31,33). The lowest BCUT2D eigenvalue weighted by molar-refractivity contribution is 0.0995. The Kier molecular flexibility index (Phi) is 7.64. The second kappa shape index (κ2) is 10.9. The summed E-state index contributed by atoms with van der Waals surface area (Å²) < 4.78 is 19.2. The summed E-state index contributed by atoms with van der Waals surface area (Å²) in [5.74, 6) is -0.424. The molecular formula is C25H26FN5O3S. The van der Waals surface area contributed by atoms with E-state index < -0.39 is 5.91 Å². The van der Waals surface area contributed by atoms with Gasteiger partial charge in [0.15, 0.2) is 11.0 Å². The van der Waals surface area contributed by atoms with Gasteiger partial charge in [0.2, 0.25) is 5.76 Å². The molecule has 0 saturated heterocycles. The van der Waals surface area contributed by atoms with Crippen LogP contribution in [0.25, 0.3) is 22.6 Å². The number of anilines is 1. The average Bonchev–Trinajstić information content (AvgIpc) is 3.48. The lowest BCUT2D eigenvalue weighted by atomic mass is 10.1. The van der Waals surface area contributed by atoms with Gasteiger partial charge in [-0.25, -0.2) is 14.4 Å². The van der Waals surface area contributed by atoms with Crippen LogP contribution in [0.3, 0.4) is 0 Å². The third-order valence-corrected chi connectivity index (χ3v) is 5.94. The van der Waals surface area contributed by atoms with E-state index in [0.29, 0.717) is 41.1 Å². The number of nitrogens with zero attached hydrogens (tertiary/aromatic N) is 3. The normalized spacial score (nSPS) is 11.3. The van der Waals surface area contributed by atoms with Crippen LogP contribution in [0.4, 0.5) is 9.52 Å². The number of oxazole rings is 1. The molecule has 0 aliphatic rings. The van der Waals surface area contributed by atoms with Crippen molar-refractivity contribution >= 4 is 22.4 Å². The van der Waals surface area contributed by atoms with Crippen molar-refractivity contribution in [1.82, 2.24) is 20.3 Å². The minimum atomic E-state index is -0.486. The van der Waals surface area contributed by atoms with Crippen LogP contribution < -0.4 is 10.6 Å². The molecule has 0 unspecified atom stereocenters. The van der Waals surface area contributed by atoms with Crippen LogP contribution in [0.5, 0.6) is 0 Å². The molecule has 3 N–H and O–H groups in total. The lowest BCUT2D eigenvalue weighted by Gasteiger charge is -2.07. The van der Waals surface area contributed by atoms with Crippen LogP contribution in [-0.4, -0.2) is 39.1 Å². The Morgan fingerprint density at radius 3 is 2.66 bits per heavy atom. The molecule has 0 atom stereocenters. The van der Waals surface area contributed by atoms with E-state index in [9.17, 15) is 9.18 Å². The quantitative estimate of drug-likeness (QED) is 0.287. The number of hydrogen-bond donors (Lipinski definition) is 3. The highest BCUT2D eigenvalue weighted by Gasteiger charge is 2.24. The van der Waals surface area contributed by atoms with Crippen molar-refractivity contribution in [2.24, 2.45) is 0 Å². The summed E-state index contributed by atoms with van der Waals surface area (Å²) >= 11 is 1.28. The number of benzene rings is 1. The summed E-state index contributed by atoms with van der Waals surface area (Å²) in [5, 5.41) is 17.0. The Hall–Kier alpha value is -3.47. The molecule has 0 bridgehead atoms. The van der Waals surface area contributed by atoms with Gasteiger partial charge in [-0.2, -0.15) is 0 Å². The second-order valence-electron chi connectivity index (χ2n) is 8.29. The third-order valence-electron chi connectivity index (χ3n) is 5.18. The number of thiazole rings is 1. The molecule has 182 valence electrons. The number of halogens is 1. The largest absolute Gasteiger partial charge is 0.435 e. The molecule has 4 aromatic rings. The van der Waals surface area contributed by atoms with E-state index in [1.165, 1.54) is 23.5 Å². The molecule has 35 heavy (non-hydrogen) atoms. The predicted molar refractivity (Wildman–Crippen MR) is 133 cm³/mol. The minimum Gasteiger partial charge on any atom is -0.435 e. The number of aromatic nitrogens is 3. The highest BCUT2D eigenvalue weighted by atomic mass is 32.1. The average molecular weight is 496 g/mol. The number of amides is 1. The first-order valence-corrected chi connectivity index (χ1v) is 12.0. The van der Waals surface area contributed by atoms with Gasteiger partial charge in [0.05, 0.1) is 12.3 Å². The molecule has 8 nitrogen and oxygen atoms in total. The van der Waals surface area contributed by atoms with Gasteiger partial charge in [0.25, 0.3) is 5.91 Å². The van der Waals surface area contributed by atoms with Gasteiger partial charge >= 0.3 is 0 Å². The molecule has 10 heteroatoms. The minimum absolute atomic E-state index is 0.0296. The maximum atomic E-state index is 13.4. The van der Waals surface area contributed by atoms with Crippen molar-refractivity contribution in [3.8, 4) is 22.6 Å². The zero-order valence-electron chi connectivity index (χ0n) is 19.6. The predicted octanol–water partition coefficient (Wildman–Crippen LogP) is 4.77. The molecule has 0 aliphatic carbocycles. The first-order valence-electron chi connectivity index (χ1n) is 11.2. The van der Waals surface area contributed by atoms with Gasteiger partial charge in [-0.05, 0) is 42.3 Å². The Morgan fingerprint density at radius 2 is 1.97 bits per heavy atom. The summed E-state index contributed by atoms with van der Waals surface area (Å²) in [6.07, 6.45) is 1.77. The molecule has 0 spiro atoms. The highest BCUT2D eigenvalue weighted by molar-refractivity contribution is 7.14. The number of rotatable bonds is 9. The van der Waals surface area contributed by atoms with Gasteiger partial charge in [-0.15, -0.1) is 11.3 Å². The van der Waals surface area contributed by atoms with Gasteiger partial charge in [0.1, 0.15) is 17.2 Å². The van der Waals surface area contributed by atoms with Crippen LogP contribution in [0.2, 0.25) is 0 Å². The molecule has 0 saturated carbocycles. The summed E-state index contributed by atoms with van der Waals surface area (Å²) in [6, 6.07) is 7.77. The van der Waals surface area contributed by atoms with Crippen LogP contribution in [0.1, 0.15) is 47.3 Å². The number of carbonyl (C=O) groups is 1. The molecule has 4 rings (SSSR count). The first kappa shape index (κ1) is 24.6. The maximum absolute atomic E-state index is 13.4. The van der Waals surface area contributed by atoms with E-state index in [0.717, 1.165) is 16.8 Å². The molecule has 3 aromatic heterocycles. The van der Waals surface area contributed by atoms with Crippen molar-refractivity contribution < 1.29 is 18.7 Å². The van der Waals surface area contributed by atoms with Crippen LogP contribution in [0, 0.1) is 12.7 Å². The third kappa shape index (κ3) is 5.79. The van der Waals surface area contributed by atoms with Crippen molar-refractivity contribution in [2.75, 3.05) is 18.5 Å². The van der Waals surface area contributed by atoms with E-state index in [-0.39, 0.29) is 24.1 Å². The monoisotopic (exact) mass is 495 g/mol. The fourth-order valence-corrected chi connectivity index (χ4v) is 4.13. The number of aliphatic hydroxyl groups is 1. The summed E-state index contributed by atoms with van der Waals surface area (Å²) in [7, 11) is 0. The molecule has 1 aromatic carbocycles. The number of pyridine rings is 1. The summed E-state index contributed by atoms with van der Waals surface area (Å²) in [5.41, 5.74) is 4.26. The fourth-order valence-electron chi connectivity index (χ4n) is 3.44. The fraction of sp³-hybridized carbons (Fsp3) is 0.280. The van der Waals surface area contributed by atoms with Gasteiger partial charge < -0.3 is 14.8 Å². The van der Waals surface area contributed by atoms with E-state index in [1.54, 1.807) is 18.3 Å². The number of aliphatic hydroxyl groups excluding tert-OH is 1. The number of carbonyl (C=O) groups excluding carboxylic acids is 1. The second-order valence-corrected chi connectivity index (χ2v) is 9.15. The number of hydrogen-bond acceptors (Lipinski definition) is 8. The molecule has 0 radical (unpaired) electrons. The Balaban J connectivity index is 1.54. The van der Waals surface area contributed by atoms with E-state index in [4.69, 9.17) is 9.52 Å². The van der Waals surface area contributed by atoms with E-state index in [1.807, 2.05) is 32.2 Å². The highest BCUT2D eigenvalue weighted by Crippen LogP contribution is 2.30. The van der Waals surface area contributed by atoms with Crippen LogP contribution in [-0.2, 0) is 6.54 Å². The molecule has 3 heterocycles. The Labute approximate surface area is 206 Å². The number of aryl methyl sites for hydroxylation is 1. The number of nitrogens with one attached hydrogen (secondary N) is 2. The van der Waals surface area contributed by atoms with E-state index in [2.05, 4.69) is 25.6 Å². The van der Waals surface area contributed by atoms with E-state index >= 15 is 0 Å². The van der Waals surface area contributed by atoms with Gasteiger partial charge in [0, 0.05) is 36.1 Å². The van der Waals surface area contributed by atoms with Crippen molar-refractivity contribution in [3.63, 3.8) is 0 Å². The Bertz CT molecular complexity index is 1320. The van der Waals surface area contributed by atoms with Crippen molar-refractivity contribution in [1.29, 1.82) is 0 Å². The summed E-state index contributed by atoms with van der Waals surface area (Å²) in [4.78, 5) is 26.6. The van der Waals surface area contributed by atoms with Crippen LogP contribution in [0.15, 0.2) is 46.3 Å². The van der Waals surface area contributed by atoms with Gasteiger partial charge in [-0.3, -0.25) is 15.1 Å².